The summed E-state index contributed by atoms with van der Waals surface area (Å²) in [6, 6.07) is 4.82. The van der Waals surface area contributed by atoms with Gasteiger partial charge in [0.25, 0.3) is 0 Å². The van der Waals surface area contributed by atoms with Gasteiger partial charge in [-0.25, -0.2) is 4.39 Å². The molecule has 1 aliphatic heterocycles. The molecule has 1 aliphatic rings. The minimum absolute atomic E-state index is 0.0302. The molecule has 25 heavy (non-hydrogen) atoms. The van der Waals surface area contributed by atoms with Crippen LogP contribution in [0.1, 0.15) is 19.4 Å². The second-order valence-corrected chi connectivity index (χ2v) is 6.79. The van der Waals surface area contributed by atoms with E-state index in [4.69, 9.17) is 0 Å². The molecule has 1 saturated heterocycles. The number of halogens is 1. The second kappa shape index (κ2) is 8.92. The lowest BCUT2D eigenvalue weighted by atomic mass is 10.2. The summed E-state index contributed by atoms with van der Waals surface area (Å²) in [7, 11) is 0. The number of carbonyl (C=O) groups excluding carboxylic acids is 2. The Bertz CT molecular complexity index is 613. The summed E-state index contributed by atoms with van der Waals surface area (Å²) in [5.74, 6) is -0.456. The molecule has 0 aliphatic carbocycles. The lowest BCUT2D eigenvalue weighted by Crippen LogP contribution is -2.51. The maximum atomic E-state index is 13.5. The predicted octanol–water partition coefficient (Wildman–Crippen LogP) is 1.21. The van der Waals surface area contributed by atoms with Gasteiger partial charge in [0.2, 0.25) is 11.8 Å². The molecule has 2 amide bonds. The van der Waals surface area contributed by atoms with Crippen molar-refractivity contribution in [1.29, 1.82) is 0 Å². The van der Waals surface area contributed by atoms with Crippen molar-refractivity contribution in [3.8, 4) is 0 Å². The monoisotopic (exact) mass is 350 g/mol. The maximum absolute atomic E-state index is 13.5. The zero-order valence-corrected chi connectivity index (χ0v) is 15.1. The minimum Gasteiger partial charge on any atom is -0.353 e. The summed E-state index contributed by atoms with van der Waals surface area (Å²) < 4.78 is 13.5. The number of nitrogens with one attached hydrogen (secondary N) is 2. The molecule has 0 saturated carbocycles. The molecule has 7 heteroatoms. The first-order valence-corrected chi connectivity index (χ1v) is 8.63. The second-order valence-electron chi connectivity index (χ2n) is 6.79. The maximum Gasteiger partial charge on any atom is 0.238 e. The molecule has 0 bridgehead atoms. The van der Waals surface area contributed by atoms with Gasteiger partial charge in [-0.05, 0) is 38.5 Å². The Kier molecular flexibility index (Phi) is 6.90. The molecule has 0 atom stereocenters. The van der Waals surface area contributed by atoms with Crippen LogP contribution in [0.3, 0.4) is 0 Å². The average molecular weight is 350 g/mol. The molecule has 1 heterocycles. The Morgan fingerprint density at radius 1 is 1.08 bits per heavy atom. The Morgan fingerprint density at radius 2 is 1.64 bits per heavy atom. The van der Waals surface area contributed by atoms with Gasteiger partial charge in [-0.1, -0.05) is 6.07 Å². The summed E-state index contributed by atoms with van der Waals surface area (Å²) in [6.45, 7) is 9.16. The van der Waals surface area contributed by atoms with Crippen LogP contribution in [-0.2, 0) is 9.59 Å². The third-order valence-electron chi connectivity index (χ3n) is 4.10. The van der Waals surface area contributed by atoms with Crippen molar-refractivity contribution in [2.75, 3.05) is 44.6 Å². The fraction of sp³-hybridized carbons (Fsp3) is 0.556. The van der Waals surface area contributed by atoms with Gasteiger partial charge in [-0.15, -0.1) is 0 Å². The molecule has 0 spiro atoms. The number of carbonyl (C=O) groups is 2. The van der Waals surface area contributed by atoms with E-state index in [0.29, 0.717) is 17.8 Å². The van der Waals surface area contributed by atoms with E-state index in [1.807, 2.05) is 18.7 Å². The molecule has 2 rings (SSSR count). The van der Waals surface area contributed by atoms with Gasteiger partial charge in [0.15, 0.2) is 0 Å². The van der Waals surface area contributed by atoms with Gasteiger partial charge in [0.05, 0.1) is 13.1 Å². The van der Waals surface area contributed by atoms with Crippen molar-refractivity contribution in [3.05, 3.63) is 29.6 Å². The normalized spacial score (nSPS) is 16.0. The van der Waals surface area contributed by atoms with Crippen LogP contribution < -0.4 is 10.6 Å². The van der Waals surface area contributed by atoms with Crippen LogP contribution in [0.2, 0.25) is 0 Å². The number of nitrogens with zero attached hydrogens (tertiary/aromatic N) is 2. The molecular formula is C18H27FN4O2. The van der Waals surface area contributed by atoms with Crippen LogP contribution in [0.5, 0.6) is 0 Å². The number of aryl methyl sites for hydroxylation is 1. The van der Waals surface area contributed by atoms with Crippen molar-refractivity contribution in [2.24, 2.45) is 0 Å². The number of hydrogen-bond acceptors (Lipinski definition) is 4. The number of benzene rings is 1. The lowest BCUT2D eigenvalue weighted by molar-refractivity contribution is -0.124. The molecule has 2 N–H and O–H groups in total. The van der Waals surface area contributed by atoms with Crippen molar-refractivity contribution >= 4 is 17.5 Å². The Morgan fingerprint density at radius 3 is 2.16 bits per heavy atom. The zero-order valence-electron chi connectivity index (χ0n) is 15.1. The third kappa shape index (κ3) is 6.43. The first-order chi connectivity index (χ1) is 11.8. The van der Waals surface area contributed by atoms with Crippen LogP contribution in [0, 0.1) is 12.7 Å². The number of anilines is 1. The van der Waals surface area contributed by atoms with E-state index < -0.39 is 0 Å². The van der Waals surface area contributed by atoms with E-state index in [9.17, 15) is 14.0 Å². The first kappa shape index (κ1) is 19.3. The lowest BCUT2D eigenvalue weighted by Gasteiger charge is -2.33. The average Bonchev–Trinajstić information content (AvgIpc) is 2.52. The van der Waals surface area contributed by atoms with Crippen LogP contribution in [0.25, 0.3) is 0 Å². The Balaban J connectivity index is 1.73. The molecule has 1 fully saturated rings. The molecule has 1 aromatic rings. The highest BCUT2D eigenvalue weighted by Crippen LogP contribution is 2.13. The standard InChI is InChI=1S/C18H27FN4O2/c1-13(2)20-17(24)11-22-6-8-23(9-7-22)12-18(25)21-15-5-4-14(3)16(19)10-15/h4-5,10,13H,6-9,11-12H2,1-3H3,(H,20,24)(H,21,25). The first-order valence-electron chi connectivity index (χ1n) is 8.63. The van der Waals surface area contributed by atoms with Crippen molar-refractivity contribution in [1.82, 2.24) is 15.1 Å². The topological polar surface area (TPSA) is 64.7 Å². The van der Waals surface area contributed by atoms with E-state index in [1.54, 1.807) is 19.1 Å². The van der Waals surface area contributed by atoms with E-state index in [-0.39, 0.29) is 30.2 Å². The molecule has 0 unspecified atom stereocenters. The summed E-state index contributed by atoms with van der Waals surface area (Å²) in [5, 5.41) is 5.60. The largest absolute Gasteiger partial charge is 0.353 e. The Hall–Kier alpha value is -1.99. The van der Waals surface area contributed by atoms with Crippen molar-refractivity contribution < 1.29 is 14.0 Å². The number of hydrogen-bond donors (Lipinski definition) is 2. The SMILES string of the molecule is Cc1ccc(NC(=O)CN2CCN(CC(=O)NC(C)C)CC2)cc1F. The summed E-state index contributed by atoms with van der Waals surface area (Å²) >= 11 is 0. The quantitative estimate of drug-likeness (QED) is 0.810. The van der Waals surface area contributed by atoms with Gasteiger partial charge >= 0.3 is 0 Å². The fourth-order valence-corrected chi connectivity index (χ4v) is 2.75. The van der Waals surface area contributed by atoms with Crippen molar-refractivity contribution in [2.45, 2.75) is 26.8 Å². The molecule has 138 valence electrons. The zero-order chi connectivity index (χ0) is 18.4. The highest BCUT2D eigenvalue weighted by molar-refractivity contribution is 5.92. The van der Waals surface area contributed by atoms with Gasteiger partial charge in [-0.3, -0.25) is 19.4 Å². The highest BCUT2D eigenvalue weighted by Gasteiger charge is 2.20. The van der Waals surface area contributed by atoms with Crippen LogP contribution >= 0.6 is 0 Å². The third-order valence-corrected chi connectivity index (χ3v) is 4.10. The number of amides is 2. The van der Waals surface area contributed by atoms with Crippen molar-refractivity contribution in [3.63, 3.8) is 0 Å². The van der Waals surface area contributed by atoms with Gasteiger partial charge < -0.3 is 10.6 Å². The van der Waals surface area contributed by atoms with Gasteiger partial charge in [-0.2, -0.15) is 0 Å². The van der Waals surface area contributed by atoms with Crippen LogP contribution in [0.4, 0.5) is 10.1 Å². The van der Waals surface area contributed by atoms with Gasteiger partial charge in [0, 0.05) is 37.9 Å². The summed E-state index contributed by atoms with van der Waals surface area (Å²) in [6.07, 6.45) is 0. The Labute approximate surface area is 148 Å². The van der Waals surface area contributed by atoms with E-state index in [2.05, 4.69) is 15.5 Å². The highest BCUT2D eigenvalue weighted by atomic mass is 19.1. The smallest absolute Gasteiger partial charge is 0.238 e. The molecular weight excluding hydrogens is 323 g/mol. The van der Waals surface area contributed by atoms with E-state index >= 15 is 0 Å². The minimum atomic E-state index is -0.328. The number of piperazine rings is 1. The van der Waals surface area contributed by atoms with E-state index in [0.717, 1.165) is 26.2 Å². The summed E-state index contributed by atoms with van der Waals surface area (Å²) in [4.78, 5) is 28.0. The summed E-state index contributed by atoms with van der Waals surface area (Å²) in [5.41, 5.74) is 1.02. The predicted molar refractivity (Wildman–Crippen MR) is 95.9 cm³/mol. The van der Waals surface area contributed by atoms with Crippen LogP contribution in [-0.4, -0.2) is 66.9 Å². The number of rotatable bonds is 6. The molecule has 6 nitrogen and oxygen atoms in total. The molecule has 0 radical (unpaired) electrons. The molecule has 0 aromatic heterocycles. The fourth-order valence-electron chi connectivity index (χ4n) is 2.75. The van der Waals surface area contributed by atoms with Crippen LogP contribution in [0.15, 0.2) is 18.2 Å². The van der Waals surface area contributed by atoms with E-state index in [1.165, 1.54) is 6.07 Å². The molecule has 1 aromatic carbocycles. The van der Waals surface area contributed by atoms with Gasteiger partial charge in [0.1, 0.15) is 5.82 Å².